The summed E-state index contributed by atoms with van der Waals surface area (Å²) < 4.78 is 0. The van der Waals surface area contributed by atoms with Gasteiger partial charge < -0.3 is 4.90 Å². The van der Waals surface area contributed by atoms with Crippen LogP contribution in [0.3, 0.4) is 0 Å². The van der Waals surface area contributed by atoms with Crippen LogP contribution in [0.4, 0.5) is 0 Å². The minimum Gasteiger partial charge on any atom is -0.309 e. The molecular weight excluding hydrogens is 302 g/mol. The van der Waals surface area contributed by atoms with Crippen LogP contribution in [0.25, 0.3) is 0 Å². The molecule has 4 bridgehead atoms. The van der Waals surface area contributed by atoms with Crippen LogP contribution in [0.5, 0.6) is 0 Å². The summed E-state index contributed by atoms with van der Waals surface area (Å²) in [7, 11) is 4.43. The number of nitrogens with zero attached hydrogens (tertiary/aromatic N) is 1. The second kappa shape index (κ2) is 6.76. The van der Waals surface area contributed by atoms with E-state index in [0.29, 0.717) is 5.41 Å². The van der Waals surface area contributed by atoms with E-state index in [1.807, 2.05) is 0 Å². The molecule has 3 atom stereocenters. The molecule has 0 aliphatic heterocycles. The van der Waals surface area contributed by atoms with E-state index in [0.717, 1.165) is 23.7 Å². The van der Waals surface area contributed by atoms with Gasteiger partial charge >= 0.3 is 0 Å². The highest BCUT2D eigenvalue weighted by Crippen LogP contribution is 2.67. The molecule has 0 N–H and O–H groups in total. The van der Waals surface area contributed by atoms with E-state index in [9.17, 15) is 0 Å². The minimum atomic E-state index is 0. The summed E-state index contributed by atoms with van der Waals surface area (Å²) in [6.07, 6.45) is 10.5. The Labute approximate surface area is 148 Å². The molecule has 23 heavy (non-hydrogen) atoms. The van der Waals surface area contributed by atoms with Crippen LogP contribution in [-0.4, -0.2) is 25.5 Å². The number of halogens is 1. The van der Waals surface area contributed by atoms with E-state index >= 15 is 0 Å². The van der Waals surface area contributed by atoms with E-state index in [1.165, 1.54) is 45.1 Å². The first-order valence-electron chi connectivity index (χ1n) is 9.36. The molecule has 3 unspecified atom stereocenters. The number of hydrogen-bond acceptors (Lipinski definition) is 1. The van der Waals surface area contributed by atoms with Gasteiger partial charge in [0.2, 0.25) is 0 Å². The lowest BCUT2D eigenvalue weighted by molar-refractivity contribution is -0.0814. The Hall–Kier alpha value is -0.530. The van der Waals surface area contributed by atoms with Crippen LogP contribution in [0.15, 0.2) is 30.3 Å². The molecule has 0 aromatic heterocycles. The zero-order valence-electron chi connectivity index (χ0n) is 14.7. The summed E-state index contributed by atoms with van der Waals surface area (Å²) >= 11 is 0. The molecule has 0 heterocycles. The Morgan fingerprint density at radius 2 is 1.65 bits per heavy atom. The standard InChI is InChI=1S/C21H31N.ClH/c1-22(2)10-6-9-21-14-16-11-17(15-21)13-19(12-16)20(21)18-7-4-3-5-8-18;/h3-5,7-8,16-17,19-20H,6,9-15H2,1-2H3;1H. The Morgan fingerprint density at radius 1 is 1.00 bits per heavy atom. The average molecular weight is 334 g/mol. The maximum absolute atomic E-state index is 2.42. The normalized spacial score (nSPS) is 37.9. The predicted molar refractivity (Wildman–Crippen MR) is 100 cm³/mol. The summed E-state index contributed by atoms with van der Waals surface area (Å²) in [5.41, 5.74) is 2.28. The Balaban J connectivity index is 0.00000156. The van der Waals surface area contributed by atoms with Gasteiger partial charge in [-0.15, -0.1) is 12.4 Å². The van der Waals surface area contributed by atoms with Gasteiger partial charge in [0.1, 0.15) is 0 Å². The van der Waals surface area contributed by atoms with Gasteiger partial charge in [0, 0.05) is 0 Å². The van der Waals surface area contributed by atoms with Crippen molar-refractivity contribution in [2.45, 2.75) is 50.9 Å². The molecule has 4 aliphatic carbocycles. The molecule has 0 amide bonds. The molecule has 1 aromatic carbocycles. The van der Waals surface area contributed by atoms with Crippen LogP contribution in [-0.2, 0) is 0 Å². The Kier molecular flexibility index (Phi) is 5.09. The first kappa shape index (κ1) is 17.3. The van der Waals surface area contributed by atoms with Crippen LogP contribution in [0.1, 0.15) is 56.4 Å². The monoisotopic (exact) mass is 333 g/mol. The highest BCUT2D eigenvalue weighted by Gasteiger charge is 2.56. The molecule has 5 rings (SSSR count). The number of hydrogen-bond donors (Lipinski definition) is 0. The molecule has 0 saturated heterocycles. The molecule has 4 saturated carbocycles. The fourth-order valence-corrected chi connectivity index (χ4v) is 6.60. The van der Waals surface area contributed by atoms with Gasteiger partial charge in [0.25, 0.3) is 0 Å². The van der Waals surface area contributed by atoms with E-state index < -0.39 is 0 Å². The van der Waals surface area contributed by atoms with Crippen LogP contribution in [0, 0.1) is 23.2 Å². The lowest BCUT2D eigenvalue weighted by Crippen LogP contribution is -2.51. The Morgan fingerprint density at radius 3 is 2.26 bits per heavy atom. The van der Waals surface area contributed by atoms with Gasteiger partial charge in [-0.1, -0.05) is 30.3 Å². The lowest BCUT2D eigenvalue weighted by Gasteiger charge is -2.62. The third-order valence-electron chi connectivity index (χ3n) is 6.90. The van der Waals surface area contributed by atoms with Gasteiger partial charge in [-0.05, 0) is 100 Å². The summed E-state index contributed by atoms with van der Waals surface area (Å²) in [6.45, 7) is 1.25. The lowest BCUT2D eigenvalue weighted by atomic mass is 9.43. The van der Waals surface area contributed by atoms with Crippen molar-refractivity contribution in [1.82, 2.24) is 4.90 Å². The van der Waals surface area contributed by atoms with Crippen molar-refractivity contribution >= 4 is 12.4 Å². The van der Waals surface area contributed by atoms with E-state index in [1.54, 1.807) is 12.0 Å². The highest BCUT2D eigenvalue weighted by atomic mass is 35.5. The fraction of sp³-hybridized carbons (Fsp3) is 0.714. The number of benzene rings is 1. The van der Waals surface area contributed by atoms with Gasteiger partial charge in [-0.3, -0.25) is 0 Å². The average Bonchev–Trinajstić information content (AvgIpc) is 2.46. The van der Waals surface area contributed by atoms with Crippen molar-refractivity contribution in [2.75, 3.05) is 20.6 Å². The van der Waals surface area contributed by atoms with Gasteiger partial charge in [0.05, 0.1) is 0 Å². The first-order chi connectivity index (χ1) is 10.7. The second-order valence-electron chi connectivity index (χ2n) is 8.77. The molecule has 4 fully saturated rings. The second-order valence-corrected chi connectivity index (χ2v) is 8.77. The largest absolute Gasteiger partial charge is 0.309 e. The van der Waals surface area contributed by atoms with E-state index in [-0.39, 0.29) is 12.4 Å². The predicted octanol–water partition coefficient (Wildman–Crippen LogP) is 5.36. The van der Waals surface area contributed by atoms with Gasteiger partial charge in [-0.25, -0.2) is 0 Å². The first-order valence-corrected chi connectivity index (χ1v) is 9.36. The molecular formula is C21H32ClN. The van der Waals surface area contributed by atoms with Crippen molar-refractivity contribution in [3.63, 3.8) is 0 Å². The smallest absolute Gasteiger partial charge is 0.00246 e. The SMILES string of the molecule is CN(C)CCCC12CC3CC(CC(C3)C1c1ccccc1)C2.Cl. The van der Waals surface area contributed by atoms with E-state index in [2.05, 4.69) is 49.3 Å². The molecule has 128 valence electrons. The quantitative estimate of drug-likeness (QED) is 0.701. The van der Waals surface area contributed by atoms with Gasteiger partial charge in [0.15, 0.2) is 0 Å². The molecule has 1 aromatic rings. The van der Waals surface area contributed by atoms with Gasteiger partial charge in [-0.2, -0.15) is 0 Å². The summed E-state index contributed by atoms with van der Waals surface area (Å²) in [5, 5.41) is 0. The minimum absolute atomic E-state index is 0. The fourth-order valence-electron chi connectivity index (χ4n) is 6.60. The van der Waals surface area contributed by atoms with Crippen LogP contribution < -0.4 is 0 Å². The Bertz CT molecular complexity index is 498. The number of rotatable bonds is 5. The summed E-state index contributed by atoms with van der Waals surface area (Å²) in [5.74, 6) is 3.94. The molecule has 1 nitrogen and oxygen atoms in total. The van der Waals surface area contributed by atoms with Crippen LogP contribution in [0.2, 0.25) is 0 Å². The summed E-state index contributed by atoms with van der Waals surface area (Å²) in [6, 6.07) is 11.5. The zero-order chi connectivity index (χ0) is 15.2. The van der Waals surface area contributed by atoms with Crippen molar-refractivity contribution in [1.29, 1.82) is 0 Å². The third-order valence-corrected chi connectivity index (χ3v) is 6.90. The topological polar surface area (TPSA) is 3.24 Å². The molecule has 4 aliphatic rings. The van der Waals surface area contributed by atoms with E-state index in [4.69, 9.17) is 0 Å². The third kappa shape index (κ3) is 3.20. The van der Waals surface area contributed by atoms with Crippen molar-refractivity contribution in [2.24, 2.45) is 23.2 Å². The van der Waals surface area contributed by atoms with Crippen molar-refractivity contribution < 1.29 is 0 Å². The molecule has 0 radical (unpaired) electrons. The highest BCUT2D eigenvalue weighted by molar-refractivity contribution is 5.85. The molecule has 0 spiro atoms. The van der Waals surface area contributed by atoms with Crippen molar-refractivity contribution in [3.8, 4) is 0 Å². The van der Waals surface area contributed by atoms with Crippen molar-refractivity contribution in [3.05, 3.63) is 35.9 Å². The maximum atomic E-state index is 2.42. The van der Waals surface area contributed by atoms with Crippen LogP contribution >= 0.6 is 12.4 Å². The summed E-state index contributed by atoms with van der Waals surface area (Å²) in [4.78, 5) is 2.36. The maximum Gasteiger partial charge on any atom is -0.00246 e. The zero-order valence-corrected chi connectivity index (χ0v) is 15.5. The molecule has 2 heteroatoms.